The van der Waals surface area contributed by atoms with E-state index in [1.807, 2.05) is 11.0 Å². The molecule has 0 bridgehead atoms. The van der Waals surface area contributed by atoms with Crippen molar-refractivity contribution in [3.8, 4) is 0 Å². The van der Waals surface area contributed by atoms with E-state index in [0.717, 1.165) is 5.69 Å². The van der Waals surface area contributed by atoms with Crippen molar-refractivity contribution in [2.75, 3.05) is 36.8 Å². The maximum absolute atomic E-state index is 13.3. The smallest absolute Gasteiger partial charge is 0.322 e. The number of aryl methyl sites for hydroxylation is 1. The van der Waals surface area contributed by atoms with Gasteiger partial charge < -0.3 is 10.2 Å². The molecule has 1 atom stereocenters. The zero-order valence-electron chi connectivity index (χ0n) is 18.2. The second-order valence-corrected chi connectivity index (χ2v) is 11.0. The van der Waals surface area contributed by atoms with E-state index in [9.17, 15) is 18.0 Å². The van der Waals surface area contributed by atoms with Crippen LogP contribution in [0.3, 0.4) is 0 Å². The first-order valence-corrected chi connectivity index (χ1v) is 13.1. The minimum Gasteiger partial charge on any atom is -0.369 e. The summed E-state index contributed by atoms with van der Waals surface area (Å²) in [6, 6.07) is 6.29. The van der Waals surface area contributed by atoms with Crippen LogP contribution < -0.4 is 15.5 Å². The van der Waals surface area contributed by atoms with Gasteiger partial charge in [0.2, 0.25) is 10.0 Å². The highest BCUT2D eigenvalue weighted by Crippen LogP contribution is 2.29. The SMILES string of the molecule is O=C1NC(=O)C(CCCc2ncccn2)(CS(=O)(=O)N2CCN(c3ccc(Cl)c(Cl)c3)CC2)N1. The number of benzene rings is 1. The van der Waals surface area contributed by atoms with Gasteiger partial charge in [0.25, 0.3) is 5.91 Å². The van der Waals surface area contributed by atoms with Gasteiger partial charge in [0.1, 0.15) is 11.4 Å². The van der Waals surface area contributed by atoms with E-state index in [2.05, 4.69) is 20.6 Å². The second-order valence-electron chi connectivity index (χ2n) is 8.25. The van der Waals surface area contributed by atoms with E-state index < -0.39 is 33.3 Å². The molecule has 3 amide bonds. The topological polar surface area (TPSA) is 125 Å². The predicted octanol–water partition coefficient (Wildman–Crippen LogP) is 1.84. The predicted molar refractivity (Wildman–Crippen MR) is 128 cm³/mol. The zero-order chi connectivity index (χ0) is 24.3. The molecule has 0 saturated carbocycles. The van der Waals surface area contributed by atoms with Gasteiger partial charge >= 0.3 is 6.03 Å². The number of sulfonamides is 1. The molecule has 10 nitrogen and oxygen atoms in total. The molecule has 0 radical (unpaired) electrons. The van der Waals surface area contributed by atoms with Crippen LogP contribution in [0.5, 0.6) is 0 Å². The number of nitrogens with one attached hydrogen (secondary N) is 2. The molecule has 0 aliphatic carbocycles. The maximum atomic E-state index is 13.3. The fraction of sp³-hybridized carbons (Fsp3) is 0.429. The number of halogens is 2. The number of rotatable bonds is 8. The molecule has 2 N–H and O–H groups in total. The maximum Gasteiger partial charge on any atom is 0.322 e. The van der Waals surface area contributed by atoms with Gasteiger partial charge in [-0.15, -0.1) is 0 Å². The summed E-state index contributed by atoms with van der Waals surface area (Å²) in [5, 5.41) is 5.63. The van der Waals surface area contributed by atoms with Crippen LogP contribution >= 0.6 is 23.2 Å². The van der Waals surface area contributed by atoms with Crippen LogP contribution in [0.1, 0.15) is 18.7 Å². The van der Waals surface area contributed by atoms with Crippen molar-refractivity contribution in [3.63, 3.8) is 0 Å². The lowest BCUT2D eigenvalue weighted by Gasteiger charge is -2.37. The number of carbonyl (C=O) groups excluding carboxylic acids is 2. The Bertz CT molecular complexity index is 1180. The van der Waals surface area contributed by atoms with Crippen LogP contribution in [-0.4, -0.2) is 72.1 Å². The third-order valence-corrected chi connectivity index (χ3v) is 8.72. The van der Waals surface area contributed by atoms with Crippen molar-refractivity contribution >= 4 is 50.9 Å². The molecule has 4 rings (SSSR count). The Morgan fingerprint density at radius 2 is 1.74 bits per heavy atom. The van der Waals surface area contributed by atoms with Crippen LogP contribution in [0.15, 0.2) is 36.7 Å². The van der Waals surface area contributed by atoms with Gasteiger partial charge in [-0.1, -0.05) is 23.2 Å². The van der Waals surface area contributed by atoms with Gasteiger partial charge in [-0.05, 0) is 37.1 Å². The number of carbonyl (C=O) groups is 2. The lowest BCUT2D eigenvalue weighted by molar-refractivity contribution is -0.123. The fourth-order valence-electron chi connectivity index (χ4n) is 4.19. The third kappa shape index (κ3) is 5.43. The van der Waals surface area contributed by atoms with Crippen molar-refractivity contribution < 1.29 is 18.0 Å². The molecule has 1 aromatic carbocycles. The van der Waals surface area contributed by atoms with E-state index in [0.29, 0.717) is 41.8 Å². The van der Waals surface area contributed by atoms with E-state index in [-0.39, 0.29) is 19.5 Å². The average molecular weight is 527 g/mol. The van der Waals surface area contributed by atoms with Gasteiger partial charge in [-0.2, -0.15) is 4.31 Å². The number of urea groups is 1. The fourth-order valence-corrected chi connectivity index (χ4v) is 6.36. The first kappa shape index (κ1) is 24.6. The minimum atomic E-state index is -3.84. The lowest BCUT2D eigenvalue weighted by atomic mass is 9.95. The Morgan fingerprint density at radius 3 is 2.35 bits per heavy atom. The van der Waals surface area contributed by atoms with Gasteiger partial charge in [-0.25, -0.2) is 23.2 Å². The summed E-state index contributed by atoms with van der Waals surface area (Å²) in [5.41, 5.74) is -0.681. The molecule has 34 heavy (non-hydrogen) atoms. The van der Waals surface area contributed by atoms with E-state index >= 15 is 0 Å². The molecule has 1 unspecified atom stereocenters. The van der Waals surface area contributed by atoms with E-state index in [4.69, 9.17) is 23.2 Å². The molecular formula is C21H24Cl2N6O4S. The highest BCUT2D eigenvalue weighted by atomic mass is 35.5. The quantitative estimate of drug-likeness (QED) is 0.502. The molecule has 2 aliphatic rings. The summed E-state index contributed by atoms with van der Waals surface area (Å²) in [5.74, 6) is -0.562. The second kappa shape index (κ2) is 10.0. The Kier molecular flexibility index (Phi) is 7.27. The van der Waals surface area contributed by atoms with Crippen LogP contribution in [-0.2, 0) is 21.2 Å². The number of imide groups is 1. The van der Waals surface area contributed by atoms with Crippen molar-refractivity contribution in [1.82, 2.24) is 24.9 Å². The molecule has 2 saturated heterocycles. The first-order chi connectivity index (χ1) is 16.2. The van der Waals surface area contributed by atoms with Gasteiger partial charge in [0.05, 0.1) is 15.8 Å². The molecule has 0 spiro atoms. The number of amides is 3. The molecule has 1 aromatic heterocycles. The average Bonchev–Trinajstić information content (AvgIpc) is 3.08. The number of hydrogen-bond donors (Lipinski definition) is 2. The van der Waals surface area contributed by atoms with Crippen molar-refractivity contribution in [3.05, 3.63) is 52.5 Å². The Labute approximate surface area is 207 Å². The summed E-state index contributed by atoms with van der Waals surface area (Å²) in [6.45, 7) is 1.39. The van der Waals surface area contributed by atoms with Crippen LogP contribution in [0, 0.1) is 0 Å². The minimum absolute atomic E-state index is 0.144. The summed E-state index contributed by atoms with van der Waals surface area (Å²) in [7, 11) is -3.84. The molecule has 182 valence electrons. The van der Waals surface area contributed by atoms with Gasteiger partial charge in [0.15, 0.2) is 0 Å². The Balaban J connectivity index is 1.42. The molecule has 3 heterocycles. The van der Waals surface area contributed by atoms with E-state index in [1.165, 1.54) is 4.31 Å². The number of hydrogen-bond acceptors (Lipinski definition) is 7. The molecular weight excluding hydrogens is 503 g/mol. The Hall–Kier alpha value is -2.47. The molecule has 2 aliphatic heterocycles. The molecule has 2 fully saturated rings. The largest absolute Gasteiger partial charge is 0.369 e. The normalized spacial score (nSPS) is 21.4. The van der Waals surface area contributed by atoms with Crippen LogP contribution in [0.4, 0.5) is 10.5 Å². The first-order valence-electron chi connectivity index (χ1n) is 10.8. The molecule has 2 aromatic rings. The summed E-state index contributed by atoms with van der Waals surface area (Å²) in [6.07, 6.45) is 4.26. The number of piperazine rings is 1. The highest BCUT2D eigenvalue weighted by molar-refractivity contribution is 7.89. The third-order valence-electron chi connectivity index (χ3n) is 5.97. The Morgan fingerprint density at radius 1 is 1.03 bits per heavy atom. The van der Waals surface area contributed by atoms with Crippen LogP contribution in [0.25, 0.3) is 0 Å². The van der Waals surface area contributed by atoms with Crippen molar-refractivity contribution in [1.29, 1.82) is 0 Å². The summed E-state index contributed by atoms with van der Waals surface area (Å²) >= 11 is 12.1. The van der Waals surface area contributed by atoms with Crippen molar-refractivity contribution in [2.45, 2.75) is 24.8 Å². The summed E-state index contributed by atoms with van der Waals surface area (Å²) < 4.78 is 27.9. The lowest BCUT2D eigenvalue weighted by Crippen LogP contribution is -2.57. The monoisotopic (exact) mass is 526 g/mol. The summed E-state index contributed by atoms with van der Waals surface area (Å²) in [4.78, 5) is 34.9. The molecule has 13 heteroatoms. The van der Waals surface area contributed by atoms with Gasteiger partial charge in [-0.3, -0.25) is 10.1 Å². The standard InChI is InChI=1S/C21H24Cl2N6O4S/c22-16-5-4-15(13-17(16)23)28-9-11-29(12-10-28)34(32,33)14-21(19(30)26-20(31)27-21)6-1-3-18-24-7-2-8-25-18/h2,4-5,7-8,13H,1,3,6,9-12,14H2,(H2,26,27,30,31). The number of anilines is 1. The van der Waals surface area contributed by atoms with Crippen molar-refractivity contribution in [2.24, 2.45) is 0 Å². The van der Waals surface area contributed by atoms with E-state index in [1.54, 1.807) is 30.6 Å². The van der Waals surface area contributed by atoms with Gasteiger partial charge in [0, 0.05) is 50.7 Å². The van der Waals surface area contributed by atoms with Crippen LogP contribution in [0.2, 0.25) is 10.0 Å². The zero-order valence-corrected chi connectivity index (χ0v) is 20.5. The highest BCUT2D eigenvalue weighted by Gasteiger charge is 2.50. The number of nitrogens with zero attached hydrogens (tertiary/aromatic N) is 4. The number of aromatic nitrogens is 2.